The Morgan fingerprint density at radius 2 is 1.81 bits per heavy atom. The number of carbonyl (C=O) groups is 3. The summed E-state index contributed by atoms with van der Waals surface area (Å²) in [4.78, 5) is 35.7. The minimum absolute atomic E-state index is 0.143. The first kappa shape index (κ1) is 20.7. The summed E-state index contributed by atoms with van der Waals surface area (Å²) < 4.78 is 10.2. The Kier molecular flexibility index (Phi) is 8.10. The van der Waals surface area contributed by atoms with Crippen molar-refractivity contribution in [1.82, 2.24) is 10.6 Å². The van der Waals surface area contributed by atoms with Crippen molar-refractivity contribution < 1.29 is 23.9 Å². The first-order valence-corrected chi connectivity index (χ1v) is 9.45. The van der Waals surface area contributed by atoms with Gasteiger partial charge in [-0.3, -0.25) is 14.4 Å². The zero-order valence-electron chi connectivity index (χ0n) is 16.0. The normalized spacial score (nSPS) is 19.0. The molecule has 2 N–H and O–H groups in total. The molecule has 1 aromatic rings. The zero-order chi connectivity index (χ0) is 19.6. The standard InChI is InChI=1S/C20H28N2O5/c1-3-26-16-10-8-15(9-11-16)20(25)21-12-19(24)27-13-18(23)22-17-7-5-4-6-14(17)2/h8-11,14,17H,3-7,12-13H2,1-2H3,(H,21,25)(H,22,23)/t14-,17-/m1/s1. The van der Waals surface area contributed by atoms with Crippen LogP contribution in [0.2, 0.25) is 0 Å². The maximum absolute atomic E-state index is 12.0. The number of hydrogen-bond donors (Lipinski definition) is 2. The average molecular weight is 376 g/mol. The molecule has 1 fully saturated rings. The van der Waals surface area contributed by atoms with E-state index in [1.807, 2.05) is 6.92 Å². The molecule has 2 atom stereocenters. The predicted molar refractivity (Wildman–Crippen MR) is 100 cm³/mol. The van der Waals surface area contributed by atoms with Crippen molar-refractivity contribution in [2.24, 2.45) is 5.92 Å². The van der Waals surface area contributed by atoms with Gasteiger partial charge in [-0.1, -0.05) is 19.8 Å². The van der Waals surface area contributed by atoms with E-state index >= 15 is 0 Å². The molecular formula is C20H28N2O5. The number of amides is 2. The van der Waals surface area contributed by atoms with E-state index < -0.39 is 11.9 Å². The van der Waals surface area contributed by atoms with Gasteiger partial charge in [0, 0.05) is 11.6 Å². The van der Waals surface area contributed by atoms with Gasteiger partial charge < -0.3 is 20.1 Å². The van der Waals surface area contributed by atoms with Crippen LogP contribution in [-0.4, -0.2) is 43.6 Å². The Morgan fingerprint density at radius 1 is 1.11 bits per heavy atom. The van der Waals surface area contributed by atoms with E-state index in [1.165, 1.54) is 6.42 Å². The van der Waals surface area contributed by atoms with Crippen molar-refractivity contribution in [3.8, 4) is 5.75 Å². The molecule has 27 heavy (non-hydrogen) atoms. The molecule has 0 saturated heterocycles. The molecule has 0 unspecified atom stereocenters. The van der Waals surface area contributed by atoms with Gasteiger partial charge in [-0.05, 0) is 49.9 Å². The number of rotatable bonds is 8. The van der Waals surface area contributed by atoms with E-state index in [0.29, 0.717) is 23.8 Å². The third kappa shape index (κ3) is 6.92. The summed E-state index contributed by atoms with van der Waals surface area (Å²) >= 11 is 0. The van der Waals surface area contributed by atoms with Crippen molar-refractivity contribution in [2.75, 3.05) is 19.8 Å². The molecular weight excluding hydrogens is 348 g/mol. The van der Waals surface area contributed by atoms with Gasteiger partial charge in [0.25, 0.3) is 11.8 Å². The number of benzene rings is 1. The Labute approximate surface area is 159 Å². The van der Waals surface area contributed by atoms with Gasteiger partial charge >= 0.3 is 5.97 Å². The minimum atomic E-state index is -0.652. The first-order valence-electron chi connectivity index (χ1n) is 9.45. The highest BCUT2D eigenvalue weighted by Gasteiger charge is 2.23. The number of hydrogen-bond acceptors (Lipinski definition) is 5. The maximum atomic E-state index is 12.0. The van der Waals surface area contributed by atoms with Crippen LogP contribution < -0.4 is 15.4 Å². The zero-order valence-corrected chi connectivity index (χ0v) is 16.0. The van der Waals surface area contributed by atoms with Crippen LogP contribution >= 0.6 is 0 Å². The van der Waals surface area contributed by atoms with Crippen molar-refractivity contribution in [1.29, 1.82) is 0 Å². The lowest BCUT2D eigenvalue weighted by Crippen LogP contribution is -2.43. The van der Waals surface area contributed by atoms with Gasteiger partial charge in [-0.15, -0.1) is 0 Å². The van der Waals surface area contributed by atoms with Gasteiger partial charge in [0.05, 0.1) is 6.61 Å². The Bertz CT molecular complexity index is 644. The van der Waals surface area contributed by atoms with E-state index in [1.54, 1.807) is 24.3 Å². The van der Waals surface area contributed by atoms with Crippen LogP contribution in [-0.2, 0) is 14.3 Å². The lowest BCUT2D eigenvalue weighted by Gasteiger charge is -2.29. The molecule has 148 valence electrons. The molecule has 0 aliphatic heterocycles. The van der Waals surface area contributed by atoms with Crippen LogP contribution in [0.25, 0.3) is 0 Å². The van der Waals surface area contributed by atoms with Gasteiger partial charge in [0.15, 0.2) is 6.61 Å². The summed E-state index contributed by atoms with van der Waals surface area (Å²) in [6.45, 7) is 3.92. The summed E-state index contributed by atoms with van der Waals surface area (Å²) in [6.07, 6.45) is 4.35. The fourth-order valence-electron chi connectivity index (χ4n) is 3.10. The Morgan fingerprint density at radius 3 is 2.48 bits per heavy atom. The highest BCUT2D eigenvalue weighted by atomic mass is 16.5. The summed E-state index contributed by atoms with van der Waals surface area (Å²) in [5, 5.41) is 5.39. The molecule has 0 aromatic heterocycles. The van der Waals surface area contributed by atoms with Crippen LogP contribution in [0, 0.1) is 5.92 Å². The topological polar surface area (TPSA) is 93.7 Å². The van der Waals surface area contributed by atoms with Crippen molar-refractivity contribution >= 4 is 17.8 Å². The smallest absolute Gasteiger partial charge is 0.325 e. The summed E-state index contributed by atoms with van der Waals surface area (Å²) in [6, 6.07) is 6.75. The molecule has 7 nitrogen and oxygen atoms in total. The van der Waals surface area contributed by atoms with E-state index in [2.05, 4.69) is 17.6 Å². The van der Waals surface area contributed by atoms with Crippen molar-refractivity contribution in [3.63, 3.8) is 0 Å². The lowest BCUT2D eigenvalue weighted by atomic mass is 9.86. The van der Waals surface area contributed by atoms with Crippen LogP contribution in [0.3, 0.4) is 0 Å². The van der Waals surface area contributed by atoms with Crippen LogP contribution in [0.5, 0.6) is 5.75 Å². The molecule has 2 rings (SSSR count). The van der Waals surface area contributed by atoms with E-state index in [4.69, 9.17) is 9.47 Å². The molecule has 0 radical (unpaired) electrons. The second-order valence-electron chi connectivity index (χ2n) is 6.74. The number of ether oxygens (including phenoxy) is 2. The molecule has 1 aromatic carbocycles. The molecule has 0 bridgehead atoms. The van der Waals surface area contributed by atoms with Gasteiger partial charge in [0.1, 0.15) is 12.3 Å². The first-order chi connectivity index (χ1) is 13.0. The Balaban J connectivity index is 1.67. The number of carbonyl (C=O) groups excluding carboxylic acids is 3. The van der Waals surface area contributed by atoms with Gasteiger partial charge in [-0.2, -0.15) is 0 Å². The quantitative estimate of drug-likeness (QED) is 0.678. The van der Waals surface area contributed by atoms with E-state index in [0.717, 1.165) is 19.3 Å². The fraction of sp³-hybridized carbons (Fsp3) is 0.550. The summed E-state index contributed by atoms with van der Waals surface area (Å²) in [5.74, 6) is -0.241. The maximum Gasteiger partial charge on any atom is 0.325 e. The molecule has 1 saturated carbocycles. The molecule has 7 heteroatoms. The molecule has 0 spiro atoms. The number of nitrogens with one attached hydrogen (secondary N) is 2. The van der Waals surface area contributed by atoms with Crippen molar-refractivity contribution in [3.05, 3.63) is 29.8 Å². The SMILES string of the molecule is CCOc1ccc(C(=O)NCC(=O)OCC(=O)N[C@@H]2CCCC[C@H]2C)cc1. The van der Waals surface area contributed by atoms with Crippen LogP contribution in [0.4, 0.5) is 0 Å². The minimum Gasteiger partial charge on any atom is -0.494 e. The van der Waals surface area contributed by atoms with Crippen molar-refractivity contribution in [2.45, 2.75) is 45.6 Å². The predicted octanol–water partition coefficient (Wildman–Crippen LogP) is 2.05. The summed E-state index contributed by atoms with van der Waals surface area (Å²) in [5.41, 5.74) is 0.412. The second-order valence-corrected chi connectivity index (χ2v) is 6.74. The fourth-order valence-corrected chi connectivity index (χ4v) is 3.10. The summed E-state index contributed by atoms with van der Waals surface area (Å²) in [7, 11) is 0. The highest BCUT2D eigenvalue weighted by Crippen LogP contribution is 2.23. The molecule has 0 heterocycles. The van der Waals surface area contributed by atoms with E-state index in [9.17, 15) is 14.4 Å². The third-order valence-electron chi connectivity index (χ3n) is 4.64. The van der Waals surface area contributed by atoms with E-state index in [-0.39, 0.29) is 25.1 Å². The van der Waals surface area contributed by atoms with Crippen LogP contribution in [0.15, 0.2) is 24.3 Å². The largest absolute Gasteiger partial charge is 0.494 e. The second kappa shape index (κ2) is 10.5. The number of esters is 1. The Hall–Kier alpha value is -2.57. The molecule has 1 aliphatic carbocycles. The van der Waals surface area contributed by atoms with Gasteiger partial charge in [-0.25, -0.2) is 0 Å². The average Bonchev–Trinajstić information content (AvgIpc) is 2.67. The highest BCUT2D eigenvalue weighted by molar-refractivity contribution is 5.96. The molecule has 1 aliphatic rings. The monoisotopic (exact) mass is 376 g/mol. The lowest BCUT2D eigenvalue weighted by molar-refractivity contribution is -0.147. The molecule has 2 amide bonds. The van der Waals surface area contributed by atoms with Crippen LogP contribution in [0.1, 0.15) is 49.9 Å². The third-order valence-corrected chi connectivity index (χ3v) is 4.64. The van der Waals surface area contributed by atoms with Gasteiger partial charge in [0.2, 0.25) is 0 Å².